The lowest BCUT2D eigenvalue weighted by Crippen LogP contribution is -2.33. The molecule has 1 aliphatic rings. The van der Waals surface area contributed by atoms with Gasteiger partial charge in [0.1, 0.15) is 5.69 Å². The van der Waals surface area contributed by atoms with Crippen molar-refractivity contribution in [1.82, 2.24) is 15.3 Å². The number of rotatable bonds is 3. The molecule has 0 radical (unpaired) electrons. The van der Waals surface area contributed by atoms with Crippen LogP contribution in [0, 0.1) is 5.92 Å². The van der Waals surface area contributed by atoms with Crippen LogP contribution in [-0.2, 0) is 4.79 Å². The third kappa shape index (κ3) is 2.21. The summed E-state index contributed by atoms with van der Waals surface area (Å²) in [6.07, 6.45) is 4.73. The summed E-state index contributed by atoms with van der Waals surface area (Å²) >= 11 is 0. The van der Waals surface area contributed by atoms with Crippen LogP contribution in [0.25, 0.3) is 0 Å². The summed E-state index contributed by atoms with van der Waals surface area (Å²) in [5.41, 5.74) is 0.402. The van der Waals surface area contributed by atoms with E-state index in [9.17, 15) is 9.59 Å². The number of carboxylic acids is 1. The Balaban J connectivity index is 1.88. The summed E-state index contributed by atoms with van der Waals surface area (Å²) in [6.45, 7) is 0. The molecule has 2 rings (SSSR count). The van der Waals surface area contributed by atoms with Gasteiger partial charge in [-0.05, 0) is 19.3 Å². The van der Waals surface area contributed by atoms with Crippen LogP contribution in [-0.4, -0.2) is 33.0 Å². The Hall–Kier alpha value is -1.85. The smallest absolute Gasteiger partial charge is 0.306 e. The predicted octanol–water partition coefficient (Wildman–Crippen LogP) is 0.393. The molecule has 6 nitrogen and oxygen atoms in total. The molecule has 16 heavy (non-hydrogen) atoms. The zero-order valence-corrected chi connectivity index (χ0v) is 8.64. The zero-order valence-electron chi connectivity index (χ0n) is 8.64. The van der Waals surface area contributed by atoms with E-state index in [0.29, 0.717) is 18.5 Å². The van der Waals surface area contributed by atoms with Gasteiger partial charge in [-0.1, -0.05) is 0 Å². The average molecular weight is 223 g/mol. The van der Waals surface area contributed by atoms with Gasteiger partial charge in [0, 0.05) is 6.04 Å². The third-order valence-electron chi connectivity index (χ3n) is 2.86. The molecule has 1 saturated carbocycles. The molecule has 1 aromatic rings. The summed E-state index contributed by atoms with van der Waals surface area (Å²) < 4.78 is 0. The van der Waals surface area contributed by atoms with Gasteiger partial charge in [-0.15, -0.1) is 0 Å². The Kier molecular flexibility index (Phi) is 2.89. The maximum absolute atomic E-state index is 11.6. The number of hydrogen-bond donors (Lipinski definition) is 3. The first kappa shape index (κ1) is 10.7. The average Bonchev–Trinajstić information content (AvgIpc) is 2.87. The summed E-state index contributed by atoms with van der Waals surface area (Å²) in [6, 6.07) is -0.0445. The van der Waals surface area contributed by atoms with E-state index in [1.165, 1.54) is 12.5 Å². The van der Waals surface area contributed by atoms with E-state index in [0.717, 1.165) is 6.42 Å². The highest BCUT2D eigenvalue weighted by Gasteiger charge is 2.30. The maximum atomic E-state index is 11.6. The molecule has 1 aromatic heterocycles. The molecule has 1 heterocycles. The van der Waals surface area contributed by atoms with E-state index in [-0.39, 0.29) is 17.9 Å². The monoisotopic (exact) mass is 223 g/mol. The molecule has 0 unspecified atom stereocenters. The fourth-order valence-electron chi connectivity index (χ4n) is 1.98. The minimum atomic E-state index is -0.779. The van der Waals surface area contributed by atoms with Crippen molar-refractivity contribution in [3.63, 3.8) is 0 Å². The number of aliphatic carboxylic acids is 1. The summed E-state index contributed by atoms with van der Waals surface area (Å²) in [4.78, 5) is 28.8. The standard InChI is InChI=1S/C10H13N3O3/c14-9(8-4-11-5-12-8)13-7-2-1-6(3-7)10(15)16/h4-7H,1-3H2,(H,11,12)(H,13,14)(H,15,16)/t6-,7+/m1/s1. The van der Waals surface area contributed by atoms with Crippen LogP contribution in [0.2, 0.25) is 0 Å². The number of aromatic amines is 1. The Labute approximate surface area is 92.1 Å². The van der Waals surface area contributed by atoms with Crippen molar-refractivity contribution in [2.45, 2.75) is 25.3 Å². The molecule has 2 atom stereocenters. The highest BCUT2D eigenvalue weighted by molar-refractivity contribution is 5.92. The summed E-state index contributed by atoms with van der Waals surface area (Å²) in [7, 11) is 0. The zero-order chi connectivity index (χ0) is 11.5. The number of carboxylic acid groups (broad SMARTS) is 1. The molecular weight excluding hydrogens is 210 g/mol. The Morgan fingerprint density at radius 2 is 2.31 bits per heavy atom. The fourth-order valence-corrected chi connectivity index (χ4v) is 1.98. The van der Waals surface area contributed by atoms with Crippen molar-refractivity contribution < 1.29 is 14.7 Å². The van der Waals surface area contributed by atoms with Crippen molar-refractivity contribution >= 4 is 11.9 Å². The lowest BCUT2D eigenvalue weighted by Gasteiger charge is -2.11. The number of carbonyl (C=O) groups is 2. The largest absolute Gasteiger partial charge is 0.481 e. The fraction of sp³-hybridized carbons (Fsp3) is 0.500. The number of hydrogen-bond acceptors (Lipinski definition) is 3. The minimum absolute atomic E-state index is 0.0445. The van der Waals surface area contributed by atoms with Gasteiger partial charge < -0.3 is 15.4 Å². The summed E-state index contributed by atoms with van der Waals surface area (Å²) in [5.74, 6) is -1.33. The van der Waals surface area contributed by atoms with Gasteiger partial charge in [0.25, 0.3) is 5.91 Å². The molecule has 0 aliphatic heterocycles. The molecule has 0 saturated heterocycles. The van der Waals surface area contributed by atoms with E-state index in [2.05, 4.69) is 15.3 Å². The highest BCUT2D eigenvalue weighted by atomic mass is 16.4. The van der Waals surface area contributed by atoms with E-state index in [1.54, 1.807) is 0 Å². The van der Waals surface area contributed by atoms with Crippen LogP contribution in [0.3, 0.4) is 0 Å². The van der Waals surface area contributed by atoms with Crippen LogP contribution in [0.4, 0.5) is 0 Å². The van der Waals surface area contributed by atoms with Crippen LogP contribution in [0.5, 0.6) is 0 Å². The minimum Gasteiger partial charge on any atom is -0.481 e. The molecule has 0 bridgehead atoms. The Morgan fingerprint density at radius 1 is 1.50 bits per heavy atom. The van der Waals surface area contributed by atoms with Gasteiger partial charge in [-0.2, -0.15) is 0 Å². The predicted molar refractivity (Wildman–Crippen MR) is 54.8 cm³/mol. The first-order valence-electron chi connectivity index (χ1n) is 5.19. The Bertz CT molecular complexity index is 388. The molecule has 1 fully saturated rings. The van der Waals surface area contributed by atoms with Gasteiger partial charge in [0.05, 0.1) is 18.4 Å². The van der Waals surface area contributed by atoms with E-state index in [4.69, 9.17) is 5.11 Å². The molecule has 86 valence electrons. The van der Waals surface area contributed by atoms with Crippen LogP contribution in [0.15, 0.2) is 12.5 Å². The number of H-pyrrole nitrogens is 1. The number of amides is 1. The molecule has 1 amide bonds. The molecular formula is C10H13N3O3. The lowest BCUT2D eigenvalue weighted by atomic mass is 10.1. The Morgan fingerprint density at radius 3 is 2.88 bits per heavy atom. The van der Waals surface area contributed by atoms with Crippen LogP contribution >= 0.6 is 0 Å². The van der Waals surface area contributed by atoms with Crippen molar-refractivity contribution in [3.8, 4) is 0 Å². The SMILES string of the molecule is O=C(N[C@H]1CC[C@@H](C(=O)O)C1)c1cnc[nH]1. The molecule has 1 aliphatic carbocycles. The molecule has 0 aromatic carbocycles. The van der Waals surface area contributed by atoms with E-state index >= 15 is 0 Å². The van der Waals surface area contributed by atoms with Crippen molar-refractivity contribution in [2.24, 2.45) is 5.92 Å². The van der Waals surface area contributed by atoms with E-state index in [1.807, 2.05) is 0 Å². The second-order valence-corrected chi connectivity index (χ2v) is 3.98. The van der Waals surface area contributed by atoms with Crippen LogP contribution in [0.1, 0.15) is 29.8 Å². The third-order valence-corrected chi connectivity index (χ3v) is 2.86. The number of nitrogens with one attached hydrogen (secondary N) is 2. The van der Waals surface area contributed by atoms with Gasteiger partial charge >= 0.3 is 5.97 Å². The summed E-state index contributed by atoms with van der Waals surface area (Å²) in [5, 5.41) is 11.6. The van der Waals surface area contributed by atoms with Crippen molar-refractivity contribution in [3.05, 3.63) is 18.2 Å². The van der Waals surface area contributed by atoms with Gasteiger partial charge in [-0.25, -0.2) is 4.98 Å². The first-order valence-corrected chi connectivity index (χ1v) is 5.19. The topological polar surface area (TPSA) is 95.1 Å². The normalized spacial score (nSPS) is 24.2. The maximum Gasteiger partial charge on any atom is 0.306 e. The highest BCUT2D eigenvalue weighted by Crippen LogP contribution is 2.25. The second kappa shape index (κ2) is 4.34. The van der Waals surface area contributed by atoms with Gasteiger partial charge in [0.15, 0.2) is 0 Å². The second-order valence-electron chi connectivity index (χ2n) is 3.98. The van der Waals surface area contributed by atoms with E-state index < -0.39 is 5.97 Å². The number of nitrogens with zero attached hydrogens (tertiary/aromatic N) is 1. The molecule has 3 N–H and O–H groups in total. The van der Waals surface area contributed by atoms with Crippen molar-refractivity contribution in [2.75, 3.05) is 0 Å². The van der Waals surface area contributed by atoms with Gasteiger partial charge in [-0.3, -0.25) is 9.59 Å². The number of carbonyl (C=O) groups excluding carboxylic acids is 1. The molecule has 0 spiro atoms. The van der Waals surface area contributed by atoms with Crippen LogP contribution < -0.4 is 5.32 Å². The lowest BCUT2D eigenvalue weighted by molar-refractivity contribution is -0.141. The quantitative estimate of drug-likeness (QED) is 0.690. The first-order chi connectivity index (χ1) is 7.66. The van der Waals surface area contributed by atoms with Gasteiger partial charge in [0.2, 0.25) is 0 Å². The number of imidazole rings is 1. The number of aromatic nitrogens is 2. The molecule has 6 heteroatoms. The van der Waals surface area contributed by atoms with Crippen molar-refractivity contribution in [1.29, 1.82) is 0 Å².